The maximum Gasteiger partial charge on any atom is 0.0738 e. The molecule has 1 aromatic carbocycles. The Hall–Kier alpha value is -1.29. The van der Waals surface area contributed by atoms with E-state index in [9.17, 15) is 0 Å². The lowest BCUT2D eigenvalue weighted by Gasteiger charge is -2.16. The van der Waals surface area contributed by atoms with Crippen molar-refractivity contribution < 1.29 is 0 Å². The summed E-state index contributed by atoms with van der Waals surface area (Å²) < 4.78 is 0. The molecule has 0 amide bonds. The summed E-state index contributed by atoms with van der Waals surface area (Å²) >= 11 is 0. The van der Waals surface area contributed by atoms with E-state index in [1.165, 1.54) is 16.7 Å². The summed E-state index contributed by atoms with van der Waals surface area (Å²) in [5.41, 5.74) is 3.66. The predicted octanol–water partition coefficient (Wildman–Crippen LogP) is 3.57. The third kappa shape index (κ3) is 2.14. The van der Waals surface area contributed by atoms with Crippen LogP contribution in [0, 0.1) is 31.1 Å². The van der Waals surface area contributed by atoms with E-state index >= 15 is 0 Å². The molecule has 0 radical (unpaired) electrons. The van der Waals surface area contributed by atoms with Crippen LogP contribution in [0.5, 0.6) is 0 Å². The molecule has 1 rings (SSSR count). The van der Waals surface area contributed by atoms with Gasteiger partial charge in [0.1, 0.15) is 0 Å². The normalized spacial score (nSPS) is 12.6. The summed E-state index contributed by atoms with van der Waals surface area (Å²) in [6.07, 6.45) is 0. The highest BCUT2D eigenvalue weighted by molar-refractivity contribution is 5.36. The molecule has 0 saturated heterocycles. The molecule has 0 saturated carbocycles. The van der Waals surface area contributed by atoms with Gasteiger partial charge in [-0.15, -0.1) is 0 Å². The van der Waals surface area contributed by atoms with Gasteiger partial charge in [0.15, 0.2) is 0 Å². The number of nitriles is 1. The molecule has 1 aromatic rings. The second kappa shape index (κ2) is 4.28. The minimum Gasteiger partial charge on any atom is -0.198 e. The minimum absolute atomic E-state index is 0.0237. The summed E-state index contributed by atoms with van der Waals surface area (Å²) in [6.45, 7) is 8.34. The molecule has 1 nitrogen and oxygen atoms in total. The molecular weight excluding hydrogens is 170 g/mol. The van der Waals surface area contributed by atoms with Crippen molar-refractivity contribution in [2.75, 3.05) is 0 Å². The van der Waals surface area contributed by atoms with Crippen molar-refractivity contribution in [3.05, 3.63) is 34.9 Å². The Kier molecular flexibility index (Phi) is 3.30. The molecule has 1 heteroatoms. The van der Waals surface area contributed by atoms with Crippen molar-refractivity contribution in [1.82, 2.24) is 0 Å². The highest BCUT2D eigenvalue weighted by Gasteiger charge is 2.16. The molecule has 0 aliphatic carbocycles. The Morgan fingerprint density at radius 1 is 1.21 bits per heavy atom. The molecule has 0 N–H and O–H groups in total. The van der Waals surface area contributed by atoms with Crippen molar-refractivity contribution in [3.63, 3.8) is 0 Å². The lowest BCUT2D eigenvalue weighted by atomic mass is 9.86. The van der Waals surface area contributed by atoms with E-state index in [0.717, 1.165) is 0 Å². The van der Waals surface area contributed by atoms with E-state index in [1.54, 1.807) is 0 Å². The minimum atomic E-state index is 0.0237. The summed E-state index contributed by atoms with van der Waals surface area (Å²) in [4.78, 5) is 0. The Labute approximate surface area is 86.4 Å². The van der Waals surface area contributed by atoms with Crippen molar-refractivity contribution >= 4 is 0 Å². The van der Waals surface area contributed by atoms with Crippen LogP contribution >= 0.6 is 0 Å². The Balaban J connectivity index is 3.13. The molecule has 0 fully saturated rings. The van der Waals surface area contributed by atoms with Crippen LogP contribution in [0.25, 0.3) is 0 Å². The summed E-state index contributed by atoms with van der Waals surface area (Å²) in [7, 11) is 0. The van der Waals surface area contributed by atoms with Gasteiger partial charge < -0.3 is 0 Å². The van der Waals surface area contributed by atoms with Gasteiger partial charge in [0.25, 0.3) is 0 Å². The van der Waals surface area contributed by atoms with Gasteiger partial charge >= 0.3 is 0 Å². The smallest absolute Gasteiger partial charge is 0.0738 e. The van der Waals surface area contributed by atoms with Gasteiger partial charge in [0, 0.05) is 0 Å². The summed E-state index contributed by atoms with van der Waals surface area (Å²) in [6, 6.07) is 8.68. The molecule has 0 aliphatic heterocycles. The molecule has 14 heavy (non-hydrogen) atoms. The van der Waals surface area contributed by atoms with Gasteiger partial charge in [-0.2, -0.15) is 5.26 Å². The summed E-state index contributed by atoms with van der Waals surface area (Å²) in [5.74, 6) is 0.400. The first-order chi connectivity index (χ1) is 6.56. The van der Waals surface area contributed by atoms with Gasteiger partial charge in [0.2, 0.25) is 0 Å². The number of rotatable bonds is 2. The van der Waals surface area contributed by atoms with Crippen LogP contribution in [0.2, 0.25) is 0 Å². The Morgan fingerprint density at radius 2 is 1.86 bits per heavy atom. The molecule has 0 aromatic heterocycles. The van der Waals surface area contributed by atoms with Crippen LogP contribution in [0.1, 0.15) is 36.5 Å². The SMILES string of the molecule is Cc1ccc(C(C#N)C(C)C)c(C)c1. The fourth-order valence-corrected chi connectivity index (χ4v) is 1.75. The third-order valence-corrected chi connectivity index (χ3v) is 2.57. The largest absolute Gasteiger partial charge is 0.198 e. The van der Waals surface area contributed by atoms with Crippen LogP contribution in [0.4, 0.5) is 0 Å². The molecule has 0 spiro atoms. The van der Waals surface area contributed by atoms with Crippen LogP contribution in [-0.4, -0.2) is 0 Å². The van der Waals surface area contributed by atoms with Crippen LogP contribution in [0.15, 0.2) is 18.2 Å². The lowest BCUT2D eigenvalue weighted by Crippen LogP contribution is -2.06. The third-order valence-electron chi connectivity index (χ3n) is 2.57. The molecular formula is C13H17N. The van der Waals surface area contributed by atoms with Crippen molar-refractivity contribution in [3.8, 4) is 6.07 Å². The number of nitrogens with zero attached hydrogens (tertiary/aromatic N) is 1. The summed E-state index contributed by atoms with van der Waals surface area (Å²) in [5, 5.41) is 9.09. The number of benzene rings is 1. The molecule has 0 aliphatic rings. The molecule has 0 bridgehead atoms. The Morgan fingerprint density at radius 3 is 2.29 bits per heavy atom. The zero-order valence-electron chi connectivity index (χ0n) is 9.33. The first-order valence-corrected chi connectivity index (χ1v) is 5.03. The predicted molar refractivity (Wildman–Crippen MR) is 59.1 cm³/mol. The fourth-order valence-electron chi connectivity index (χ4n) is 1.75. The first kappa shape index (κ1) is 10.8. The standard InChI is InChI=1S/C13H17N/c1-9(2)13(8-14)12-6-5-10(3)7-11(12)4/h5-7,9,13H,1-4H3. The van der Waals surface area contributed by atoms with Crippen LogP contribution in [-0.2, 0) is 0 Å². The maximum absolute atomic E-state index is 9.09. The highest BCUT2D eigenvalue weighted by atomic mass is 14.3. The average molecular weight is 187 g/mol. The van der Waals surface area contributed by atoms with Crippen molar-refractivity contribution in [2.24, 2.45) is 5.92 Å². The van der Waals surface area contributed by atoms with Crippen molar-refractivity contribution in [2.45, 2.75) is 33.6 Å². The maximum atomic E-state index is 9.09. The van der Waals surface area contributed by atoms with Gasteiger partial charge in [-0.1, -0.05) is 37.6 Å². The zero-order chi connectivity index (χ0) is 10.7. The average Bonchev–Trinajstić information content (AvgIpc) is 2.09. The number of hydrogen-bond acceptors (Lipinski definition) is 1. The van der Waals surface area contributed by atoms with E-state index in [-0.39, 0.29) is 5.92 Å². The first-order valence-electron chi connectivity index (χ1n) is 5.03. The molecule has 1 unspecified atom stereocenters. The number of aryl methyl sites for hydroxylation is 2. The van der Waals surface area contributed by atoms with Gasteiger partial charge in [0.05, 0.1) is 12.0 Å². The molecule has 0 heterocycles. The van der Waals surface area contributed by atoms with Gasteiger partial charge in [-0.25, -0.2) is 0 Å². The molecule has 1 atom stereocenters. The van der Waals surface area contributed by atoms with Crippen LogP contribution < -0.4 is 0 Å². The zero-order valence-corrected chi connectivity index (χ0v) is 9.33. The fraction of sp³-hybridized carbons (Fsp3) is 0.462. The second-order valence-corrected chi connectivity index (χ2v) is 4.21. The highest BCUT2D eigenvalue weighted by Crippen LogP contribution is 2.26. The van der Waals surface area contributed by atoms with E-state index in [2.05, 4.69) is 52.0 Å². The molecule has 74 valence electrons. The monoisotopic (exact) mass is 187 g/mol. The Bertz CT molecular complexity index is 358. The van der Waals surface area contributed by atoms with Crippen molar-refractivity contribution in [1.29, 1.82) is 5.26 Å². The number of hydrogen-bond donors (Lipinski definition) is 0. The van der Waals surface area contributed by atoms with E-state index < -0.39 is 0 Å². The second-order valence-electron chi connectivity index (χ2n) is 4.21. The van der Waals surface area contributed by atoms with E-state index in [4.69, 9.17) is 5.26 Å². The topological polar surface area (TPSA) is 23.8 Å². The van der Waals surface area contributed by atoms with Gasteiger partial charge in [-0.05, 0) is 30.9 Å². The quantitative estimate of drug-likeness (QED) is 0.694. The van der Waals surface area contributed by atoms with E-state index in [0.29, 0.717) is 5.92 Å². The van der Waals surface area contributed by atoms with E-state index in [1.807, 2.05) is 0 Å². The lowest BCUT2D eigenvalue weighted by molar-refractivity contribution is 0.585. The van der Waals surface area contributed by atoms with Gasteiger partial charge in [-0.3, -0.25) is 0 Å². The van der Waals surface area contributed by atoms with Crippen LogP contribution in [0.3, 0.4) is 0 Å².